The minimum atomic E-state index is -0.126. The topological polar surface area (TPSA) is 3.24 Å². The molecule has 0 N–H and O–H groups in total. The molecule has 1 aromatic rings. The van der Waals surface area contributed by atoms with Crippen LogP contribution in [0.2, 0.25) is 0 Å². The van der Waals surface area contributed by atoms with Crippen LogP contribution in [0.25, 0.3) is 0 Å². The summed E-state index contributed by atoms with van der Waals surface area (Å²) in [6.07, 6.45) is 6.54. The predicted molar refractivity (Wildman–Crippen MR) is 81.4 cm³/mol. The maximum absolute atomic E-state index is 13.0. The molecule has 2 aliphatic rings. The van der Waals surface area contributed by atoms with Gasteiger partial charge in [0.1, 0.15) is 5.82 Å². The van der Waals surface area contributed by atoms with Crippen LogP contribution >= 0.6 is 0 Å². The van der Waals surface area contributed by atoms with Crippen LogP contribution in [0, 0.1) is 11.2 Å². The summed E-state index contributed by atoms with van der Waals surface area (Å²) in [4.78, 5) is 2.70. The Balaban J connectivity index is 1.56. The van der Waals surface area contributed by atoms with E-state index in [1.807, 2.05) is 12.1 Å². The van der Waals surface area contributed by atoms with Crippen LogP contribution < -0.4 is 0 Å². The lowest BCUT2D eigenvalue weighted by atomic mass is 9.88. The normalized spacial score (nSPS) is 27.9. The molecule has 1 atom stereocenters. The fraction of sp³-hybridized carbons (Fsp3) is 0.667. The van der Waals surface area contributed by atoms with Gasteiger partial charge >= 0.3 is 0 Å². The Labute approximate surface area is 122 Å². The number of hydrogen-bond acceptors (Lipinski definition) is 1. The highest BCUT2D eigenvalue weighted by atomic mass is 19.1. The van der Waals surface area contributed by atoms with Crippen molar-refractivity contribution in [1.29, 1.82) is 0 Å². The number of rotatable bonds is 2. The number of benzene rings is 1. The zero-order valence-electron chi connectivity index (χ0n) is 12.7. The van der Waals surface area contributed by atoms with Gasteiger partial charge < -0.3 is 4.90 Å². The molecule has 0 spiro atoms. The van der Waals surface area contributed by atoms with E-state index in [1.165, 1.54) is 50.8 Å². The van der Waals surface area contributed by atoms with Crippen LogP contribution in [0.3, 0.4) is 0 Å². The highest BCUT2D eigenvalue weighted by Gasteiger charge is 2.35. The van der Waals surface area contributed by atoms with Gasteiger partial charge in [-0.2, -0.15) is 0 Å². The smallest absolute Gasteiger partial charge is 0.123 e. The van der Waals surface area contributed by atoms with E-state index in [1.54, 1.807) is 12.1 Å². The molecule has 1 aliphatic heterocycles. The van der Waals surface area contributed by atoms with E-state index in [0.717, 1.165) is 6.04 Å². The van der Waals surface area contributed by atoms with Crippen LogP contribution in [0.1, 0.15) is 57.4 Å². The first-order valence-electron chi connectivity index (χ1n) is 8.03. The Hall–Kier alpha value is -0.890. The van der Waals surface area contributed by atoms with E-state index >= 15 is 0 Å². The van der Waals surface area contributed by atoms with Gasteiger partial charge in [0.2, 0.25) is 0 Å². The van der Waals surface area contributed by atoms with Gasteiger partial charge in [-0.25, -0.2) is 4.39 Å². The molecule has 110 valence electrons. The highest BCUT2D eigenvalue weighted by molar-refractivity contribution is 5.21. The maximum atomic E-state index is 13.0. The molecular formula is C18H26FN. The lowest BCUT2D eigenvalue weighted by molar-refractivity contribution is 0.145. The molecule has 3 rings (SSSR count). The fourth-order valence-corrected chi connectivity index (χ4v) is 4.04. The zero-order chi connectivity index (χ0) is 14.2. The summed E-state index contributed by atoms with van der Waals surface area (Å²) in [5.74, 6) is 0.501. The predicted octanol–water partition coefficient (Wildman–Crippen LogP) is 4.58. The monoisotopic (exact) mass is 275 g/mol. The molecule has 2 heteroatoms. The highest BCUT2D eigenvalue weighted by Crippen LogP contribution is 2.41. The largest absolute Gasteiger partial charge is 0.300 e. The average Bonchev–Trinajstić information content (AvgIpc) is 2.80. The third kappa shape index (κ3) is 3.06. The summed E-state index contributed by atoms with van der Waals surface area (Å²) in [6.45, 7) is 7.22. The van der Waals surface area contributed by atoms with Gasteiger partial charge in [-0.05, 0) is 74.2 Å². The molecule has 0 amide bonds. The van der Waals surface area contributed by atoms with Gasteiger partial charge in [-0.3, -0.25) is 0 Å². The first-order valence-corrected chi connectivity index (χ1v) is 8.03. The summed E-state index contributed by atoms with van der Waals surface area (Å²) >= 11 is 0. The Morgan fingerprint density at radius 2 is 1.70 bits per heavy atom. The van der Waals surface area contributed by atoms with Crippen LogP contribution in [-0.2, 0) is 0 Å². The number of hydrogen-bond donors (Lipinski definition) is 0. The summed E-state index contributed by atoms with van der Waals surface area (Å²) < 4.78 is 13.0. The molecule has 1 heterocycles. The van der Waals surface area contributed by atoms with Crippen molar-refractivity contribution in [3.63, 3.8) is 0 Å². The average molecular weight is 275 g/mol. The number of nitrogens with zero attached hydrogens (tertiary/aromatic N) is 1. The van der Waals surface area contributed by atoms with Gasteiger partial charge in [0, 0.05) is 6.04 Å². The number of piperidine rings is 1. The Morgan fingerprint density at radius 1 is 1.05 bits per heavy atom. The van der Waals surface area contributed by atoms with Gasteiger partial charge in [-0.15, -0.1) is 0 Å². The van der Waals surface area contributed by atoms with E-state index in [9.17, 15) is 4.39 Å². The first-order chi connectivity index (χ1) is 9.53. The molecule has 2 fully saturated rings. The second kappa shape index (κ2) is 5.48. The van der Waals surface area contributed by atoms with E-state index in [0.29, 0.717) is 11.3 Å². The van der Waals surface area contributed by atoms with E-state index in [4.69, 9.17) is 0 Å². The van der Waals surface area contributed by atoms with Gasteiger partial charge in [0.25, 0.3) is 0 Å². The van der Waals surface area contributed by atoms with Gasteiger partial charge in [-0.1, -0.05) is 26.0 Å². The molecule has 0 radical (unpaired) electrons. The number of halogens is 1. The lowest BCUT2D eigenvalue weighted by Gasteiger charge is -2.36. The van der Waals surface area contributed by atoms with Crippen LogP contribution in [0.5, 0.6) is 0 Å². The maximum Gasteiger partial charge on any atom is 0.123 e. The minimum Gasteiger partial charge on any atom is -0.300 e. The summed E-state index contributed by atoms with van der Waals surface area (Å²) in [6, 6.07) is 7.93. The summed E-state index contributed by atoms with van der Waals surface area (Å²) in [7, 11) is 0. The van der Waals surface area contributed by atoms with E-state index in [2.05, 4.69) is 18.7 Å². The van der Waals surface area contributed by atoms with Crippen molar-refractivity contribution >= 4 is 0 Å². The molecule has 1 unspecified atom stereocenters. The van der Waals surface area contributed by atoms with Crippen molar-refractivity contribution in [1.82, 2.24) is 4.90 Å². The number of likely N-dealkylation sites (tertiary alicyclic amines) is 1. The molecule has 1 aromatic carbocycles. The van der Waals surface area contributed by atoms with Crippen molar-refractivity contribution in [3.05, 3.63) is 35.6 Å². The molecule has 0 bridgehead atoms. The molecule has 1 saturated carbocycles. The molecule has 1 saturated heterocycles. The van der Waals surface area contributed by atoms with Gasteiger partial charge in [0.05, 0.1) is 0 Å². The van der Waals surface area contributed by atoms with E-state index in [-0.39, 0.29) is 5.82 Å². The van der Waals surface area contributed by atoms with Gasteiger partial charge in [0.15, 0.2) is 0 Å². The van der Waals surface area contributed by atoms with Crippen molar-refractivity contribution < 1.29 is 4.39 Å². The Bertz CT molecular complexity index is 443. The van der Waals surface area contributed by atoms with E-state index < -0.39 is 0 Å². The SMILES string of the molecule is CC1(C)CCC(N2CCC(c3ccc(F)cc3)CC2)C1. The molecule has 0 aromatic heterocycles. The molecule has 20 heavy (non-hydrogen) atoms. The van der Waals surface area contributed by atoms with Crippen LogP contribution in [-0.4, -0.2) is 24.0 Å². The van der Waals surface area contributed by atoms with Crippen molar-refractivity contribution in [3.8, 4) is 0 Å². The van der Waals surface area contributed by atoms with Crippen LogP contribution in [0.4, 0.5) is 4.39 Å². The van der Waals surface area contributed by atoms with Crippen molar-refractivity contribution in [2.24, 2.45) is 5.41 Å². The van der Waals surface area contributed by atoms with Crippen LogP contribution in [0.15, 0.2) is 24.3 Å². The molecule has 1 nitrogen and oxygen atoms in total. The lowest BCUT2D eigenvalue weighted by Crippen LogP contribution is -2.40. The fourth-order valence-electron chi connectivity index (χ4n) is 4.04. The second-order valence-electron chi connectivity index (χ2n) is 7.42. The first kappa shape index (κ1) is 14.1. The minimum absolute atomic E-state index is 0.126. The Kier molecular flexibility index (Phi) is 3.85. The molecule has 1 aliphatic carbocycles. The standard InChI is InChI=1S/C18H26FN/c1-18(2)10-7-17(13-18)20-11-8-15(9-12-20)14-3-5-16(19)6-4-14/h3-6,15,17H,7-13H2,1-2H3. The summed E-state index contributed by atoms with van der Waals surface area (Å²) in [5.41, 5.74) is 1.86. The quantitative estimate of drug-likeness (QED) is 0.763. The second-order valence-corrected chi connectivity index (χ2v) is 7.42. The summed E-state index contributed by atoms with van der Waals surface area (Å²) in [5, 5.41) is 0. The third-order valence-corrected chi connectivity index (χ3v) is 5.33. The molecular weight excluding hydrogens is 249 g/mol. The zero-order valence-corrected chi connectivity index (χ0v) is 12.7. The Morgan fingerprint density at radius 3 is 2.25 bits per heavy atom. The third-order valence-electron chi connectivity index (χ3n) is 5.33. The van der Waals surface area contributed by atoms with Crippen molar-refractivity contribution in [2.45, 2.75) is 57.9 Å². The van der Waals surface area contributed by atoms with Crippen molar-refractivity contribution in [2.75, 3.05) is 13.1 Å².